The SMILES string of the molecule is C[C@H](NC(=O)[C@H]1CCCN(S(=O)(=O)Cc2c(Cl)cccc2Cl)C1)c1ccc2c(c1)OCCO2. The standard InChI is InChI=1S/C23H26Cl2N2O5S/c1-15(16-7-8-21-22(12-16)32-11-10-31-21)26-23(28)17-4-3-9-27(13-17)33(29,30)14-18-19(24)5-2-6-20(18)25/h2,5-8,12,15,17H,3-4,9-11,13-14H2,1H3,(H,26,28)/t15-,17-/m0/s1. The van der Waals surface area contributed by atoms with E-state index in [2.05, 4.69) is 5.32 Å². The van der Waals surface area contributed by atoms with Crippen molar-refractivity contribution in [3.8, 4) is 11.5 Å². The van der Waals surface area contributed by atoms with Gasteiger partial charge in [0.25, 0.3) is 0 Å². The van der Waals surface area contributed by atoms with Crippen LogP contribution in [0, 0.1) is 5.92 Å². The number of halogens is 2. The number of fused-ring (bicyclic) bond motifs is 1. The molecule has 1 fully saturated rings. The first kappa shape index (κ1) is 24.1. The molecule has 0 bridgehead atoms. The third kappa shape index (κ3) is 5.57. The molecule has 2 aliphatic heterocycles. The molecule has 7 nitrogen and oxygen atoms in total. The molecular weight excluding hydrogens is 487 g/mol. The van der Waals surface area contributed by atoms with Crippen molar-refractivity contribution in [1.29, 1.82) is 0 Å². The molecule has 0 spiro atoms. The zero-order valence-corrected chi connectivity index (χ0v) is 20.5. The van der Waals surface area contributed by atoms with E-state index in [0.29, 0.717) is 59.7 Å². The Labute approximate surface area is 204 Å². The fourth-order valence-corrected chi connectivity index (χ4v) is 6.46. The lowest BCUT2D eigenvalue weighted by molar-refractivity contribution is -0.126. The van der Waals surface area contributed by atoms with Gasteiger partial charge in [0.1, 0.15) is 13.2 Å². The topological polar surface area (TPSA) is 84.9 Å². The van der Waals surface area contributed by atoms with Gasteiger partial charge in [0.15, 0.2) is 11.5 Å². The number of amides is 1. The number of carbonyl (C=O) groups is 1. The van der Waals surface area contributed by atoms with E-state index >= 15 is 0 Å². The number of sulfonamides is 1. The van der Waals surface area contributed by atoms with Crippen LogP contribution in [-0.4, -0.2) is 44.9 Å². The molecule has 2 aromatic rings. The van der Waals surface area contributed by atoms with E-state index in [1.165, 1.54) is 4.31 Å². The van der Waals surface area contributed by atoms with Gasteiger partial charge in [-0.05, 0) is 49.6 Å². The molecule has 2 atom stereocenters. The van der Waals surface area contributed by atoms with Crippen molar-refractivity contribution in [3.05, 3.63) is 57.6 Å². The normalized spacial score (nSPS) is 19.7. The molecule has 178 valence electrons. The molecule has 0 saturated carbocycles. The van der Waals surface area contributed by atoms with Crippen molar-refractivity contribution >= 4 is 39.1 Å². The Bertz CT molecular complexity index is 1120. The molecule has 1 amide bonds. The predicted octanol–water partition coefficient (Wildman–Crippen LogP) is 4.18. The van der Waals surface area contributed by atoms with Crippen molar-refractivity contribution in [2.24, 2.45) is 5.92 Å². The van der Waals surface area contributed by atoms with E-state index in [-0.39, 0.29) is 24.2 Å². The van der Waals surface area contributed by atoms with Gasteiger partial charge >= 0.3 is 0 Å². The zero-order valence-electron chi connectivity index (χ0n) is 18.2. The van der Waals surface area contributed by atoms with Crippen LogP contribution in [0.2, 0.25) is 10.0 Å². The Balaban J connectivity index is 1.41. The van der Waals surface area contributed by atoms with Crippen LogP contribution in [0.5, 0.6) is 11.5 Å². The minimum Gasteiger partial charge on any atom is -0.486 e. The second kappa shape index (κ2) is 10.1. The zero-order chi connectivity index (χ0) is 23.6. The first-order chi connectivity index (χ1) is 15.7. The molecule has 0 aromatic heterocycles. The molecule has 4 rings (SSSR count). The van der Waals surface area contributed by atoms with E-state index in [9.17, 15) is 13.2 Å². The van der Waals surface area contributed by atoms with Crippen LogP contribution in [0.4, 0.5) is 0 Å². The van der Waals surface area contributed by atoms with Crippen molar-refractivity contribution in [2.45, 2.75) is 31.6 Å². The van der Waals surface area contributed by atoms with Crippen LogP contribution in [-0.2, 0) is 20.6 Å². The smallest absolute Gasteiger partial charge is 0.224 e. The summed E-state index contributed by atoms with van der Waals surface area (Å²) in [4.78, 5) is 13.0. The number of nitrogens with zero attached hydrogens (tertiary/aromatic N) is 1. The summed E-state index contributed by atoms with van der Waals surface area (Å²) >= 11 is 12.3. The van der Waals surface area contributed by atoms with Gasteiger partial charge < -0.3 is 14.8 Å². The van der Waals surface area contributed by atoms with E-state index < -0.39 is 15.9 Å². The Morgan fingerprint density at radius 2 is 1.85 bits per heavy atom. The minimum absolute atomic E-state index is 0.129. The Hall–Kier alpha value is -2.00. The van der Waals surface area contributed by atoms with Crippen molar-refractivity contribution in [1.82, 2.24) is 9.62 Å². The second-order valence-electron chi connectivity index (χ2n) is 8.29. The van der Waals surface area contributed by atoms with Crippen LogP contribution in [0.1, 0.15) is 36.9 Å². The molecule has 0 unspecified atom stereocenters. The van der Waals surface area contributed by atoms with Gasteiger partial charge in [-0.1, -0.05) is 35.3 Å². The first-order valence-electron chi connectivity index (χ1n) is 10.9. The summed E-state index contributed by atoms with van der Waals surface area (Å²) < 4.78 is 38.7. The van der Waals surface area contributed by atoms with Crippen LogP contribution < -0.4 is 14.8 Å². The second-order valence-corrected chi connectivity index (χ2v) is 11.1. The summed E-state index contributed by atoms with van der Waals surface area (Å²) in [5, 5.41) is 3.64. The molecule has 2 aliphatic rings. The highest BCUT2D eigenvalue weighted by Crippen LogP contribution is 2.33. The summed E-state index contributed by atoms with van der Waals surface area (Å²) in [5.41, 5.74) is 1.26. The molecule has 0 radical (unpaired) electrons. The molecule has 1 saturated heterocycles. The maximum absolute atomic E-state index is 13.1. The number of nitrogens with one attached hydrogen (secondary N) is 1. The summed E-state index contributed by atoms with van der Waals surface area (Å²) in [7, 11) is -3.68. The lowest BCUT2D eigenvalue weighted by Gasteiger charge is -2.32. The van der Waals surface area contributed by atoms with Gasteiger partial charge in [-0.3, -0.25) is 4.79 Å². The van der Waals surface area contributed by atoms with Crippen LogP contribution >= 0.6 is 23.2 Å². The molecule has 33 heavy (non-hydrogen) atoms. The van der Waals surface area contributed by atoms with Gasteiger partial charge in [-0.2, -0.15) is 0 Å². The number of benzene rings is 2. The third-order valence-corrected chi connectivity index (χ3v) is 8.44. The number of carbonyl (C=O) groups excluding carboxylic acids is 1. The highest BCUT2D eigenvalue weighted by Gasteiger charge is 2.33. The van der Waals surface area contributed by atoms with E-state index in [4.69, 9.17) is 32.7 Å². The Morgan fingerprint density at radius 1 is 1.15 bits per heavy atom. The summed E-state index contributed by atoms with van der Waals surface area (Å²) in [6.45, 7) is 3.39. The predicted molar refractivity (Wildman–Crippen MR) is 127 cm³/mol. The third-order valence-electron chi connectivity index (χ3n) is 5.96. The maximum Gasteiger partial charge on any atom is 0.224 e. The lowest BCUT2D eigenvalue weighted by atomic mass is 9.97. The monoisotopic (exact) mass is 512 g/mol. The number of piperidine rings is 1. The van der Waals surface area contributed by atoms with Crippen LogP contribution in [0.25, 0.3) is 0 Å². The average molecular weight is 513 g/mol. The molecule has 1 N–H and O–H groups in total. The van der Waals surface area contributed by atoms with Crippen LogP contribution in [0.3, 0.4) is 0 Å². The van der Waals surface area contributed by atoms with Crippen LogP contribution in [0.15, 0.2) is 36.4 Å². The van der Waals surface area contributed by atoms with Crippen molar-refractivity contribution < 1.29 is 22.7 Å². The highest BCUT2D eigenvalue weighted by atomic mass is 35.5. The average Bonchev–Trinajstić information content (AvgIpc) is 2.81. The van der Waals surface area contributed by atoms with Gasteiger partial charge in [0.2, 0.25) is 15.9 Å². The lowest BCUT2D eigenvalue weighted by Crippen LogP contribution is -2.46. The molecule has 2 heterocycles. The highest BCUT2D eigenvalue weighted by molar-refractivity contribution is 7.88. The summed E-state index contributed by atoms with van der Waals surface area (Å²) in [6, 6.07) is 10.2. The fourth-order valence-electron chi connectivity index (χ4n) is 4.10. The van der Waals surface area contributed by atoms with Gasteiger partial charge in [-0.25, -0.2) is 12.7 Å². The van der Waals surface area contributed by atoms with E-state index in [1.807, 2.05) is 25.1 Å². The maximum atomic E-state index is 13.1. The molecule has 2 aromatic carbocycles. The van der Waals surface area contributed by atoms with Crippen molar-refractivity contribution in [3.63, 3.8) is 0 Å². The van der Waals surface area contributed by atoms with Gasteiger partial charge in [0.05, 0.1) is 17.7 Å². The number of hydrogen-bond donors (Lipinski definition) is 1. The first-order valence-corrected chi connectivity index (χ1v) is 13.2. The Kier molecular flexibility index (Phi) is 7.38. The van der Waals surface area contributed by atoms with Gasteiger partial charge in [0, 0.05) is 28.7 Å². The molecular formula is C23H26Cl2N2O5S. The number of hydrogen-bond acceptors (Lipinski definition) is 5. The van der Waals surface area contributed by atoms with Gasteiger partial charge in [-0.15, -0.1) is 0 Å². The largest absolute Gasteiger partial charge is 0.486 e. The fraction of sp³-hybridized carbons (Fsp3) is 0.435. The minimum atomic E-state index is -3.68. The van der Waals surface area contributed by atoms with E-state index in [1.54, 1.807) is 18.2 Å². The molecule has 10 heteroatoms. The number of rotatable bonds is 6. The Morgan fingerprint density at radius 3 is 2.58 bits per heavy atom. The van der Waals surface area contributed by atoms with E-state index in [0.717, 1.165) is 5.56 Å². The number of ether oxygens (including phenoxy) is 2. The summed E-state index contributed by atoms with van der Waals surface area (Å²) in [6.07, 6.45) is 1.23. The summed E-state index contributed by atoms with van der Waals surface area (Å²) in [5.74, 6) is 0.444. The molecule has 0 aliphatic carbocycles. The quantitative estimate of drug-likeness (QED) is 0.627. The van der Waals surface area contributed by atoms with Crippen molar-refractivity contribution in [2.75, 3.05) is 26.3 Å².